The Morgan fingerprint density at radius 2 is 1.95 bits per heavy atom. The zero-order valence-electron chi connectivity index (χ0n) is 12.7. The van der Waals surface area contributed by atoms with Gasteiger partial charge < -0.3 is 10.0 Å². The van der Waals surface area contributed by atoms with Gasteiger partial charge in [0.2, 0.25) is 5.91 Å². The first-order valence-electron chi connectivity index (χ1n) is 7.58. The second kappa shape index (κ2) is 6.74. The first-order chi connectivity index (χ1) is 10.0. The quantitative estimate of drug-likeness (QED) is 0.906. The highest BCUT2D eigenvalue weighted by Gasteiger charge is 2.40. The first-order valence-corrected chi connectivity index (χ1v) is 7.58. The van der Waals surface area contributed by atoms with Crippen molar-refractivity contribution in [3.8, 4) is 0 Å². The van der Waals surface area contributed by atoms with Gasteiger partial charge in [-0.15, -0.1) is 0 Å². The van der Waals surface area contributed by atoms with Gasteiger partial charge >= 0.3 is 5.97 Å². The maximum atomic E-state index is 12.3. The Balaban J connectivity index is 2.12. The Morgan fingerprint density at radius 3 is 2.52 bits per heavy atom. The lowest BCUT2D eigenvalue weighted by Gasteiger charge is -2.18. The number of carboxylic acids is 1. The molecule has 4 nitrogen and oxygen atoms in total. The van der Waals surface area contributed by atoms with Crippen LogP contribution in [0.4, 0.5) is 0 Å². The lowest BCUT2D eigenvalue weighted by molar-refractivity contribution is -0.141. The third-order valence-corrected chi connectivity index (χ3v) is 4.44. The van der Waals surface area contributed by atoms with Crippen molar-refractivity contribution in [1.82, 2.24) is 4.90 Å². The lowest BCUT2D eigenvalue weighted by atomic mass is 9.89. The average Bonchev–Trinajstić information content (AvgIpc) is 2.93. The molecule has 0 bridgehead atoms. The van der Waals surface area contributed by atoms with E-state index < -0.39 is 11.9 Å². The van der Waals surface area contributed by atoms with Crippen molar-refractivity contribution in [2.24, 2.45) is 11.8 Å². The van der Waals surface area contributed by atoms with Crippen LogP contribution in [0.1, 0.15) is 38.2 Å². The van der Waals surface area contributed by atoms with Gasteiger partial charge in [0.15, 0.2) is 0 Å². The predicted molar refractivity (Wildman–Crippen MR) is 81.0 cm³/mol. The van der Waals surface area contributed by atoms with Crippen LogP contribution in [0.3, 0.4) is 0 Å². The van der Waals surface area contributed by atoms with E-state index in [9.17, 15) is 14.7 Å². The van der Waals surface area contributed by atoms with E-state index in [1.54, 1.807) is 4.90 Å². The normalized spacial score (nSPS) is 23.0. The molecule has 1 aliphatic rings. The van der Waals surface area contributed by atoms with Gasteiger partial charge in [-0.3, -0.25) is 9.59 Å². The number of rotatable bonds is 5. The molecule has 1 aromatic carbocycles. The van der Waals surface area contributed by atoms with E-state index in [-0.39, 0.29) is 11.8 Å². The number of hydrogen-bond donors (Lipinski definition) is 1. The minimum Gasteiger partial charge on any atom is -0.481 e. The van der Waals surface area contributed by atoms with Gasteiger partial charge in [-0.1, -0.05) is 50.6 Å². The zero-order valence-corrected chi connectivity index (χ0v) is 12.7. The van der Waals surface area contributed by atoms with E-state index >= 15 is 0 Å². The zero-order chi connectivity index (χ0) is 15.4. The molecule has 2 rings (SSSR count). The van der Waals surface area contributed by atoms with E-state index in [2.05, 4.69) is 13.8 Å². The number of amides is 1. The molecule has 1 fully saturated rings. The van der Waals surface area contributed by atoms with Gasteiger partial charge in [0.05, 0.1) is 5.92 Å². The summed E-state index contributed by atoms with van der Waals surface area (Å²) in [5, 5.41) is 9.43. The molecule has 0 aliphatic carbocycles. The van der Waals surface area contributed by atoms with Gasteiger partial charge in [-0.05, 0) is 11.5 Å². The molecule has 21 heavy (non-hydrogen) atoms. The summed E-state index contributed by atoms with van der Waals surface area (Å²) in [7, 11) is 0. The summed E-state index contributed by atoms with van der Waals surface area (Å²) in [4.78, 5) is 25.5. The Labute approximate surface area is 125 Å². The molecule has 0 radical (unpaired) electrons. The molecular weight excluding hydrogens is 266 g/mol. The fourth-order valence-corrected chi connectivity index (χ4v) is 2.87. The fourth-order valence-electron chi connectivity index (χ4n) is 2.87. The minimum atomic E-state index is -0.817. The molecule has 0 spiro atoms. The SMILES string of the molecule is CCC(C)CC(=O)N1C[C@H](C(=O)O)[C@H](c2ccccc2)C1. The maximum Gasteiger partial charge on any atom is 0.308 e. The van der Waals surface area contributed by atoms with Crippen molar-refractivity contribution in [1.29, 1.82) is 0 Å². The van der Waals surface area contributed by atoms with E-state index in [1.807, 2.05) is 30.3 Å². The summed E-state index contributed by atoms with van der Waals surface area (Å²) in [5.74, 6) is -1.01. The highest BCUT2D eigenvalue weighted by molar-refractivity contribution is 5.79. The van der Waals surface area contributed by atoms with Crippen LogP contribution in [-0.2, 0) is 9.59 Å². The summed E-state index contributed by atoms with van der Waals surface area (Å²) in [6, 6.07) is 9.64. The number of hydrogen-bond acceptors (Lipinski definition) is 2. The smallest absolute Gasteiger partial charge is 0.308 e. The van der Waals surface area contributed by atoms with Gasteiger partial charge in [-0.2, -0.15) is 0 Å². The van der Waals surface area contributed by atoms with Crippen LogP contribution in [-0.4, -0.2) is 35.0 Å². The van der Waals surface area contributed by atoms with E-state index in [0.717, 1.165) is 12.0 Å². The molecule has 1 N–H and O–H groups in total. The summed E-state index contributed by atoms with van der Waals surface area (Å²) < 4.78 is 0. The number of benzene rings is 1. The van der Waals surface area contributed by atoms with Crippen LogP contribution in [0, 0.1) is 11.8 Å². The van der Waals surface area contributed by atoms with Crippen LogP contribution < -0.4 is 0 Å². The summed E-state index contributed by atoms with van der Waals surface area (Å²) in [5.41, 5.74) is 1.00. The molecule has 1 aliphatic heterocycles. The van der Waals surface area contributed by atoms with Gasteiger partial charge in [0, 0.05) is 25.4 Å². The monoisotopic (exact) mass is 289 g/mol. The van der Waals surface area contributed by atoms with E-state index in [4.69, 9.17) is 0 Å². The summed E-state index contributed by atoms with van der Waals surface area (Å²) in [6.45, 7) is 4.95. The van der Waals surface area contributed by atoms with Crippen LogP contribution in [0.5, 0.6) is 0 Å². The molecule has 0 aromatic heterocycles. The molecular formula is C17H23NO3. The standard InChI is InChI=1S/C17H23NO3/c1-3-12(2)9-16(19)18-10-14(15(11-18)17(20)21)13-7-5-4-6-8-13/h4-8,12,14-15H,3,9-11H2,1-2H3,(H,20,21)/t12?,14-,15-/m0/s1. The Morgan fingerprint density at radius 1 is 1.29 bits per heavy atom. The molecule has 114 valence electrons. The van der Waals surface area contributed by atoms with Crippen LogP contribution >= 0.6 is 0 Å². The molecule has 1 heterocycles. The third-order valence-electron chi connectivity index (χ3n) is 4.44. The number of carbonyl (C=O) groups excluding carboxylic acids is 1. The van der Waals surface area contributed by atoms with E-state index in [1.165, 1.54) is 0 Å². The van der Waals surface area contributed by atoms with Crippen molar-refractivity contribution < 1.29 is 14.7 Å². The highest BCUT2D eigenvalue weighted by atomic mass is 16.4. The summed E-state index contributed by atoms with van der Waals surface area (Å²) in [6.07, 6.45) is 1.47. The van der Waals surface area contributed by atoms with Gasteiger partial charge in [0.25, 0.3) is 0 Å². The third kappa shape index (κ3) is 3.63. The van der Waals surface area contributed by atoms with Crippen LogP contribution in [0.25, 0.3) is 0 Å². The maximum absolute atomic E-state index is 12.3. The molecule has 4 heteroatoms. The number of nitrogens with zero attached hydrogens (tertiary/aromatic N) is 1. The second-order valence-corrected chi connectivity index (χ2v) is 5.98. The minimum absolute atomic E-state index is 0.0778. The molecule has 1 unspecified atom stereocenters. The van der Waals surface area contributed by atoms with Crippen molar-refractivity contribution in [3.63, 3.8) is 0 Å². The van der Waals surface area contributed by atoms with Crippen molar-refractivity contribution in [3.05, 3.63) is 35.9 Å². The Bertz CT molecular complexity index is 500. The second-order valence-electron chi connectivity index (χ2n) is 5.98. The van der Waals surface area contributed by atoms with Crippen LogP contribution in [0.15, 0.2) is 30.3 Å². The van der Waals surface area contributed by atoms with Crippen molar-refractivity contribution >= 4 is 11.9 Å². The fraction of sp³-hybridized carbons (Fsp3) is 0.529. The van der Waals surface area contributed by atoms with Gasteiger partial charge in [-0.25, -0.2) is 0 Å². The van der Waals surface area contributed by atoms with Crippen molar-refractivity contribution in [2.45, 2.75) is 32.6 Å². The molecule has 3 atom stereocenters. The number of aliphatic carboxylic acids is 1. The number of carbonyl (C=O) groups is 2. The van der Waals surface area contributed by atoms with Crippen LogP contribution in [0.2, 0.25) is 0 Å². The molecule has 1 aromatic rings. The first kappa shape index (κ1) is 15.5. The summed E-state index contributed by atoms with van der Waals surface area (Å²) >= 11 is 0. The molecule has 1 saturated heterocycles. The largest absolute Gasteiger partial charge is 0.481 e. The Kier molecular flexibility index (Phi) is 4.99. The van der Waals surface area contributed by atoms with Gasteiger partial charge in [0.1, 0.15) is 0 Å². The Hall–Kier alpha value is -1.84. The average molecular weight is 289 g/mol. The number of carboxylic acid groups (broad SMARTS) is 1. The highest BCUT2D eigenvalue weighted by Crippen LogP contribution is 2.33. The van der Waals surface area contributed by atoms with Crippen molar-refractivity contribution in [2.75, 3.05) is 13.1 Å². The number of likely N-dealkylation sites (tertiary alicyclic amines) is 1. The molecule has 1 amide bonds. The predicted octanol–water partition coefficient (Wildman–Crippen LogP) is 2.75. The topological polar surface area (TPSA) is 57.6 Å². The lowest BCUT2D eigenvalue weighted by Crippen LogP contribution is -2.30. The van der Waals surface area contributed by atoms with E-state index in [0.29, 0.717) is 25.4 Å². The molecule has 0 saturated carbocycles.